The van der Waals surface area contributed by atoms with E-state index in [4.69, 9.17) is 6.42 Å². The maximum atomic E-state index is 10.9. The Hall–Kier alpha value is -2.12. The molecule has 0 bridgehead atoms. The van der Waals surface area contributed by atoms with Crippen LogP contribution in [0, 0.1) is 18.3 Å². The zero-order chi connectivity index (χ0) is 19.0. The normalized spacial score (nSPS) is 12.5. The molecule has 134 valence electrons. The first-order valence-electron chi connectivity index (χ1n) is 8.73. The smallest absolute Gasteiger partial charge is 0.137 e. The van der Waals surface area contributed by atoms with Crippen molar-refractivity contribution in [2.24, 2.45) is 5.92 Å². The molecule has 0 amide bonds. The van der Waals surface area contributed by atoms with Crippen LogP contribution >= 0.6 is 0 Å². The van der Waals surface area contributed by atoms with Crippen molar-refractivity contribution in [1.29, 1.82) is 0 Å². The summed E-state index contributed by atoms with van der Waals surface area (Å²) in [4.78, 5) is 3.87. The SMILES string of the molecule is C#C[C@H](C)[C@](O)(Cn1cncn1)c1ccccc1.CC.CC.CC. The summed E-state index contributed by atoms with van der Waals surface area (Å²) in [6.45, 7) is 14.1. The Balaban J connectivity index is 0. The Morgan fingerprint density at radius 2 is 1.67 bits per heavy atom. The van der Waals surface area contributed by atoms with Crippen LogP contribution in [0.25, 0.3) is 0 Å². The summed E-state index contributed by atoms with van der Waals surface area (Å²) in [5.41, 5.74) is -0.366. The molecule has 0 radical (unpaired) electrons. The Morgan fingerprint density at radius 3 is 2.08 bits per heavy atom. The van der Waals surface area contributed by atoms with Crippen molar-refractivity contribution in [3.8, 4) is 12.3 Å². The molecule has 2 rings (SSSR count). The molecular formula is C20H33N3O. The zero-order valence-electron chi connectivity index (χ0n) is 16.2. The molecule has 1 heterocycles. The van der Waals surface area contributed by atoms with Gasteiger partial charge in [-0.15, -0.1) is 12.3 Å². The molecule has 0 unspecified atom stereocenters. The van der Waals surface area contributed by atoms with Gasteiger partial charge in [-0.25, -0.2) is 9.67 Å². The molecule has 24 heavy (non-hydrogen) atoms. The number of benzene rings is 1. The fourth-order valence-corrected chi connectivity index (χ4v) is 1.90. The second-order valence-corrected chi connectivity index (χ2v) is 4.27. The Kier molecular flexibility index (Phi) is 14.6. The van der Waals surface area contributed by atoms with Gasteiger partial charge in [0.15, 0.2) is 0 Å². The molecule has 4 nitrogen and oxygen atoms in total. The van der Waals surface area contributed by atoms with Crippen LogP contribution in [0.4, 0.5) is 0 Å². The lowest BCUT2D eigenvalue weighted by Gasteiger charge is -2.31. The van der Waals surface area contributed by atoms with Crippen molar-refractivity contribution in [2.45, 2.75) is 60.6 Å². The van der Waals surface area contributed by atoms with Crippen molar-refractivity contribution in [3.63, 3.8) is 0 Å². The molecule has 1 N–H and O–H groups in total. The zero-order valence-corrected chi connectivity index (χ0v) is 16.2. The van der Waals surface area contributed by atoms with E-state index in [9.17, 15) is 5.11 Å². The number of terminal acetylenes is 1. The minimum Gasteiger partial charge on any atom is -0.382 e. The first kappa shape index (κ1) is 24.1. The summed E-state index contributed by atoms with van der Waals surface area (Å²) in [6, 6.07) is 9.39. The number of hydrogen-bond donors (Lipinski definition) is 1. The van der Waals surface area contributed by atoms with E-state index < -0.39 is 5.60 Å². The number of aromatic nitrogens is 3. The molecule has 2 aromatic rings. The topological polar surface area (TPSA) is 50.9 Å². The quantitative estimate of drug-likeness (QED) is 0.838. The van der Waals surface area contributed by atoms with Gasteiger partial charge in [-0.1, -0.05) is 71.9 Å². The Bertz CT molecular complexity index is 532. The third kappa shape index (κ3) is 6.97. The second kappa shape index (κ2) is 14.5. The van der Waals surface area contributed by atoms with E-state index in [1.807, 2.05) is 78.8 Å². The maximum absolute atomic E-state index is 10.9. The molecule has 0 saturated carbocycles. The number of nitrogens with zero attached hydrogens (tertiary/aromatic N) is 3. The molecule has 2 atom stereocenters. The van der Waals surface area contributed by atoms with Gasteiger partial charge in [0, 0.05) is 0 Å². The summed E-state index contributed by atoms with van der Waals surface area (Å²) < 4.78 is 1.58. The van der Waals surface area contributed by atoms with Crippen molar-refractivity contribution >= 4 is 0 Å². The van der Waals surface area contributed by atoms with Crippen LogP contribution in [-0.2, 0) is 12.1 Å². The van der Waals surface area contributed by atoms with E-state index in [-0.39, 0.29) is 12.5 Å². The van der Waals surface area contributed by atoms with E-state index in [1.165, 1.54) is 6.33 Å². The van der Waals surface area contributed by atoms with Crippen molar-refractivity contribution < 1.29 is 5.11 Å². The van der Waals surface area contributed by atoms with Crippen LogP contribution in [0.2, 0.25) is 0 Å². The standard InChI is InChI=1S/C14H15N3O.3C2H6/c1-3-12(2)14(18,9-17-11-15-10-16-17)13-7-5-4-6-8-13;3*1-2/h1,4-8,10-12,18H,9H2,2H3;3*1-2H3/t12-,14+;;;/m0.../s1. The van der Waals surface area contributed by atoms with Gasteiger partial charge >= 0.3 is 0 Å². The summed E-state index contributed by atoms with van der Waals surface area (Å²) in [7, 11) is 0. The third-order valence-corrected chi connectivity index (χ3v) is 3.11. The van der Waals surface area contributed by atoms with Gasteiger partial charge in [0.2, 0.25) is 0 Å². The fraction of sp³-hybridized carbons (Fsp3) is 0.500. The van der Waals surface area contributed by atoms with Gasteiger partial charge in [-0.3, -0.25) is 0 Å². The Labute approximate surface area is 148 Å². The molecular weight excluding hydrogens is 298 g/mol. The second-order valence-electron chi connectivity index (χ2n) is 4.27. The fourth-order valence-electron chi connectivity index (χ4n) is 1.90. The van der Waals surface area contributed by atoms with E-state index in [0.717, 1.165) is 5.56 Å². The van der Waals surface area contributed by atoms with Crippen molar-refractivity contribution in [1.82, 2.24) is 14.8 Å². The van der Waals surface area contributed by atoms with Crippen LogP contribution in [0.1, 0.15) is 54.0 Å². The first-order chi connectivity index (χ1) is 11.7. The molecule has 0 saturated heterocycles. The predicted molar refractivity (Wildman–Crippen MR) is 102 cm³/mol. The van der Waals surface area contributed by atoms with Gasteiger partial charge in [0.05, 0.1) is 12.5 Å². The lowest BCUT2D eigenvalue weighted by molar-refractivity contribution is -0.0159. The highest BCUT2D eigenvalue weighted by atomic mass is 16.3. The number of aliphatic hydroxyl groups is 1. The van der Waals surface area contributed by atoms with E-state index in [1.54, 1.807) is 11.0 Å². The van der Waals surface area contributed by atoms with Crippen LogP contribution in [0.3, 0.4) is 0 Å². The molecule has 0 aliphatic heterocycles. The molecule has 0 fully saturated rings. The third-order valence-electron chi connectivity index (χ3n) is 3.11. The molecule has 0 spiro atoms. The molecule has 4 heteroatoms. The monoisotopic (exact) mass is 331 g/mol. The van der Waals surface area contributed by atoms with Crippen LogP contribution in [-0.4, -0.2) is 19.9 Å². The summed E-state index contributed by atoms with van der Waals surface area (Å²) in [6.07, 6.45) is 8.47. The Morgan fingerprint density at radius 1 is 1.12 bits per heavy atom. The van der Waals surface area contributed by atoms with Gasteiger partial charge in [-0.2, -0.15) is 5.10 Å². The average molecular weight is 332 g/mol. The minimum absolute atomic E-state index is 0.280. The van der Waals surface area contributed by atoms with Crippen LogP contribution in [0.5, 0.6) is 0 Å². The highest BCUT2D eigenvalue weighted by Gasteiger charge is 2.35. The van der Waals surface area contributed by atoms with Crippen LogP contribution in [0.15, 0.2) is 43.0 Å². The van der Waals surface area contributed by atoms with Crippen molar-refractivity contribution in [3.05, 3.63) is 48.5 Å². The lowest BCUT2D eigenvalue weighted by atomic mass is 9.82. The average Bonchev–Trinajstić information content (AvgIpc) is 3.19. The van der Waals surface area contributed by atoms with Gasteiger partial charge in [-0.05, 0) is 12.5 Å². The molecule has 1 aromatic carbocycles. The molecule has 1 aromatic heterocycles. The largest absolute Gasteiger partial charge is 0.382 e. The first-order valence-corrected chi connectivity index (χ1v) is 8.73. The predicted octanol–water partition coefficient (Wildman–Crippen LogP) is 4.51. The van der Waals surface area contributed by atoms with E-state index in [2.05, 4.69) is 16.0 Å². The van der Waals surface area contributed by atoms with E-state index in [0.29, 0.717) is 0 Å². The summed E-state index contributed by atoms with van der Waals surface area (Å²) in [5.74, 6) is 2.28. The molecule has 0 aliphatic carbocycles. The minimum atomic E-state index is -1.15. The highest BCUT2D eigenvalue weighted by molar-refractivity contribution is 5.25. The number of hydrogen-bond acceptors (Lipinski definition) is 3. The van der Waals surface area contributed by atoms with Gasteiger partial charge in [0.25, 0.3) is 0 Å². The molecule has 0 aliphatic rings. The number of rotatable bonds is 4. The van der Waals surface area contributed by atoms with Crippen molar-refractivity contribution in [2.75, 3.05) is 0 Å². The summed E-state index contributed by atoms with van der Waals surface area (Å²) in [5, 5.41) is 14.9. The lowest BCUT2D eigenvalue weighted by Crippen LogP contribution is -2.37. The highest BCUT2D eigenvalue weighted by Crippen LogP contribution is 2.30. The van der Waals surface area contributed by atoms with E-state index >= 15 is 0 Å². The van der Waals surface area contributed by atoms with Crippen LogP contribution < -0.4 is 0 Å². The van der Waals surface area contributed by atoms with Gasteiger partial charge in [0.1, 0.15) is 18.3 Å². The van der Waals surface area contributed by atoms with Gasteiger partial charge < -0.3 is 5.11 Å². The maximum Gasteiger partial charge on any atom is 0.137 e. The summed E-state index contributed by atoms with van der Waals surface area (Å²) >= 11 is 0.